The number of benzene rings is 1. The molecule has 0 N–H and O–H groups in total. The molecule has 2 unspecified atom stereocenters. The summed E-state index contributed by atoms with van der Waals surface area (Å²) in [6.45, 7) is 2.08. The van der Waals surface area contributed by atoms with Crippen LogP contribution in [0, 0.1) is 18.8 Å². The van der Waals surface area contributed by atoms with Crippen LogP contribution in [-0.4, -0.2) is 48.6 Å². The molecule has 8 heteroatoms. The molecular weight excluding hydrogens is 376 g/mol. The van der Waals surface area contributed by atoms with Gasteiger partial charge in [-0.3, -0.25) is 14.5 Å². The van der Waals surface area contributed by atoms with E-state index in [1.807, 2.05) is 12.2 Å². The van der Waals surface area contributed by atoms with E-state index in [0.717, 1.165) is 5.56 Å². The van der Waals surface area contributed by atoms with E-state index in [1.54, 1.807) is 13.0 Å². The highest BCUT2D eigenvalue weighted by molar-refractivity contribution is 7.89. The number of carbonyl (C=O) groups excluding carboxylic acids is 2. The Morgan fingerprint density at radius 2 is 1.62 bits per heavy atom. The number of allylic oxidation sites excluding steroid dienone is 2. The average molecular weight is 395 g/mol. The van der Waals surface area contributed by atoms with Gasteiger partial charge in [-0.2, -0.15) is 4.31 Å². The van der Waals surface area contributed by atoms with Crippen molar-refractivity contribution in [2.24, 2.45) is 11.8 Å². The minimum Gasteiger partial charge on any atom is -0.276 e. The Bertz CT molecular complexity index is 895. The SMILES string of the molecule is Cc1ccc(S(=O)(=O)N2CC(N3C(=O)C4CC=CCC4C3=O)C2)cc1Cl. The van der Waals surface area contributed by atoms with Gasteiger partial charge in [0.2, 0.25) is 21.8 Å². The maximum atomic E-state index is 12.7. The van der Waals surface area contributed by atoms with Gasteiger partial charge in [0, 0.05) is 18.1 Å². The molecule has 138 valence electrons. The summed E-state index contributed by atoms with van der Waals surface area (Å²) >= 11 is 6.04. The first kappa shape index (κ1) is 17.7. The van der Waals surface area contributed by atoms with Crippen molar-refractivity contribution in [2.45, 2.75) is 30.7 Å². The minimum absolute atomic E-state index is 0.128. The zero-order valence-electron chi connectivity index (χ0n) is 14.3. The number of nitrogens with zero attached hydrogens (tertiary/aromatic N) is 2. The number of halogens is 1. The maximum Gasteiger partial charge on any atom is 0.243 e. The second-order valence-corrected chi connectivity index (χ2v) is 9.43. The van der Waals surface area contributed by atoms with Gasteiger partial charge in [0.25, 0.3) is 0 Å². The summed E-state index contributed by atoms with van der Waals surface area (Å²) in [6, 6.07) is 4.25. The van der Waals surface area contributed by atoms with Crippen LogP contribution in [-0.2, 0) is 19.6 Å². The highest BCUT2D eigenvalue weighted by Gasteiger charge is 2.53. The van der Waals surface area contributed by atoms with E-state index >= 15 is 0 Å². The lowest BCUT2D eigenvalue weighted by atomic mass is 9.85. The van der Waals surface area contributed by atoms with Crippen molar-refractivity contribution >= 4 is 33.4 Å². The molecular formula is C18H19ClN2O4S. The van der Waals surface area contributed by atoms with Gasteiger partial charge in [-0.1, -0.05) is 29.8 Å². The van der Waals surface area contributed by atoms with Crippen molar-refractivity contribution in [1.82, 2.24) is 9.21 Å². The Kier molecular flexibility index (Phi) is 4.21. The van der Waals surface area contributed by atoms with Gasteiger partial charge in [0.05, 0.1) is 22.8 Å². The monoisotopic (exact) mass is 394 g/mol. The fourth-order valence-electron chi connectivity index (χ4n) is 3.85. The van der Waals surface area contributed by atoms with Crippen molar-refractivity contribution in [3.05, 3.63) is 40.9 Å². The third kappa shape index (κ3) is 2.61. The van der Waals surface area contributed by atoms with Gasteiger partial charge in [-0.05, 0) is 37.5 Å². The van der Waals surface area contributed by atoms with Crippen LogP contribution in [0.15, 0.2) is 35.2 Å². The summed E-state index contributed by atoms with van der Waals surface area (Å²) < 4.78 is 26.7. The minimum atomic E-state index is -3.68. The number of fused-ring (bicyclic) bond motifs is 1. The molecule has 2 saturated heterocycles. The molecule has 0 aromatic heterocycles. The number of carbonyl (C=O) groups is 2. The average Bonchev–Trinajstić information content (AvgIpc) is 2.81. The predicted octanol–water partition coefficient (Wildman–Crippen LogP) is 1.97. The highest BCUT2D eigenvalue weighted by atomic mass is 35.5. The number of hydrogen-bond acceptors (Lipinski definition) is 4. The largest absolute Gasteiger partial charge is 0.276 e. The number of likely N-dealkylation sites (tertiary alicyclic amines) is 1. The van der Waals surface area contributed by atoms with Crippen LogP contribution >= 0.6 is 11.6 Å². The van der Waals surface area contributed by atoms with E-state index in [1.165, 1.54) is 21.3 Å². The molecule has 1 aromatic rings. The van der Waals surface area contributed by atoms with Gasteiger partial charge in [0.1, 0.15) is 0 Å². The lowest BCUT2D eigenvalue weighted by molar-refractivity contribution is -0.145. The third-order valence-corrected chi connectivity index (χ3v) is 7.75. The van der Waals surface area contributed by atoms with Gasteiger partial charge < -0.3 is 0 Å². The van der Waals surface area contributed by atoms with E-state index in [0.29, 0.717) is 17.9 Å². The van der Waals surface area contributed by atoms with Crippen LogP contribution in [0.5, 0.6) is 0 Å². The Hall–Kier alpha value is -1.70. The van der Waals surface area contributed by atoms with Crippen molar-refractivity contribution in [3.8, 4) is 0 Å². The molecule has 1 aliphatic carbocycles. The van der Waals surface area contributed by atoms with Crippen molar-refractivity contribution in [2.75, 3.05) is 13.1 Å². The van der Waals surface area contributed by atoms with Crippen LogP contribution in [0.4, 0.5) is 0 Å². The third-order valence-electron chi connectivity index (χ3n) is 5.52. The van der Waals surface area contributed by atoms with Crippen LogP contribution in [0.2, 0.25) is 5.02 Å². The molecule has 2 fully saturated rings. The van der Waals surface area contributed by atoms with E-state index < -0.39 is 10.0 Å². The maximum absolute atomic E-state index is 12.7. The summed E-state index contributed by atoms with van der Waals surface area (Å²) in [5.74, 6) is -0.891. The lowest BCUT2D eigenvalue weighted by Gasteiger charge is -2.42. The molecule has 0 radical (unpaired) electrons. The van der Waals surface area contributed by atoms with Crippen LogP contribution in [0.1, 0.15) is 18.4 Å². The molecule has 2 heterocycles. The molecule has 0 spiro atoms. The van der Waals surface area contributed by atoms with Gasteiger partial charge in [-0.15, -0.1) is 0 Å². The van der Waals surface area contributed by atoms with Crippen LogP contribution in [0.3, 0.4) is 0 Å². The second kappa shape index (κ2) is 6.18. The summed E-state index contributed by atoms with van der Waals surface area (Å²) in [5, 5.41) is 0.393. The molecule has 0 saturated carbocycles. The molecule has 4 rings (SSSR count). The van der Waals surface area contributed by atoms with E-state index in [9.17, 15) is 18.0 Å². The Morgan fingerprint density at radius 1 is 1.04 bits per heavy atom. The van der Waals surface area contributed by atoms with Gasteiger partial charge >= 0.3 is 0 Å². The fourth-order valence-corrected chi connectivity index (χ4v) is 5.63. The number of imide groups is 1. The normalized spacial score (nSPS) is 26.9. The topological polar surface area (TPSA) is 74.8 Å². The smallest absolute Gasteiger partial charge is 0.243 e. The summed E-state index contributed by atoms with van der Waals surface area (Å²) in [4.78, 5) is 26.6. The van der Waals surface area contributed by atoms with Gasteiger partial charge in [-0.25, -0.2) is 8.42 Å². The molecule has 26 heavy (non-hydrogen) atoms. The summed E-state index contributed by atoms with van der Waals surface area (Å²) in [7, 11) is -3.68. The van der Waals surface area contributed by atoms with Crippen molar-refractivity contribution < 1.29 is 18.0 Å². The van der Waals surface area contributed by atoms with Crippen molar-refractivity contribution in [1.29, 1.82) is 0 Å². The van der Waals surface area contributed by atoms with E-state index in [2.05, 4.69) is 0 Å². The van der Waals surface area contributed by atoms with Crippen LogP contribution < -0.4 is 0 Å². The number of amides is 2. The molecule has 2 aliphatic heterocycles. The second-order valence-electron chi connectivity index (χ2n) is 7.09. The first-order valence-corrected chi connectivity index (χ1v) is 10.4. The number of hydrogen-bond donors (Lipinski definition) is 0. The first-order valence-electron chi connectivity index (χ1n) is 8.59. The number of aryl methyl sites for hydroxylation is 1. The van der Waals surface area contributed by atoms with Crippen LogP contribution in [0.25, 0.3) is 0 Å². The van der Waals surface area contributed by atoms with Gasteiger partial charge in [0.15, 0.2) is 0 Å². The molecule has 6 nitrogen and oxygen atoms in total. The van der Waals surface area contributed by atoms with Crippen molar-refractivity contribution in [3.63, 3.8) is 0 Å². The predicted molar refractivity (Wildman–Crippen MR) is 95.9 cm³/mol. The fraction of sp³-hybridized carbons (Fsp3) is 0.444. The highest BCUT2D eigenvalue weighted by Crippen LogP contribution is 2.38. The lowest BCUT2D eigenvalue weighted by Crippen LogP contribution is -2.62. The van der Waals surface area contributed by atoms with E-state index in [4.69, 9.17) is 11.6 Å². The number of sulfonamides is 1. The quantitative estimate of drug-likeness (QED) is 0.580. The molecule has 1 aromatic carbocycles. The Morgan fingerprint density at radius 3 is 2.15 bits per heavy atom. The number of rotatable bonds is 3. The summed E-state index contributed by atoms with van der Waals surface area (Å²) in [5.41, 5.74) is 0.802. The molecule has 3 aliphatic rings. The molecule has 2 atom stereocenters. The Labute approximate surface area is 157 Å². The summed E-state index contributed by atoms with van der Waals surface area (Å²) in [6.07, 6.45) is 5.05. The zero-order valence-corrected chi connectivity index (χ0v) is 15.8. The van der Waals surface area contributed by atoms with E-state index in [-0.39, 0.29) is 47.7 Å². The Balaban J connectivity index is 1.49. The molecule has 0 bridgehead atoms. The zero-order chi connectivity index (χ0) is 18.6. The standard InChI is InChI=1S/C18H19ClN2O4S/c1-11-6-7-13(8-16(11)19)26(24,25)20-9-12(10-20)21-17(22)14-4-2-3-5-15(14)18(21)23/h2-3,6-8,12,14-15H,4-5,9-10H2,1H3. The first-order chi connectivity index (χ1) is 12.3. The molecule has 2 amide bonds.